The van der Waals surface area contributed by atoms with Gasteiger partial charge in [-0.15, -0.1) is 0 Å². The van der Waals surface area contributed by atoms with Crippen molar-refractivity contribution < 1.29 is 9.53 Å². The standard InChI is InChI=1S/C11H19NO2/c1-12(11(13)10-4-5-10)6-7-14-8-9-2-3-9/h9-10H,2-8H2,1H3. The number of nitrogens with zero attached hydrogens (tertiary/aromatic N) is 1. The summed E-state index contributed by atoms with van der Waals surface area (Å²) in [4.78, 5) is 13.3. The van der Waals surface area contributed by atoms with Gasteiger partial charge in [0.25, 0.3) is 0 Å². The Morgan fingerprint density at radius 2 is 2.07 bits per heavy atom. The lowest BCUT2D eigenvalue weighted by atomic mass is 10.3. The van der Waals surface area contributed by atoms with E-state index in [1.807, 2.05) is 11.9 Å². The first-order valence-electron chi connectivity index (χ1n) is 5.60. The third-order valence-electron chi connectivity index (χ3n) is 2.92. The molecule has 2 aliphatic carbocycles. The topological polar surface area (TPSA) is 29.5 Å². The molecule has 0 bridgehead atoms. The van der Waals surface area contributed by atoms with Crippen molar-refractivity contribution in [2.75, 3.05) is 26.8 Å². The van der Waals surface area contributed by atoms with Crippen molar-refractivity contribution in [3.63, 3.8) is 0 Å². The molecule has 0 saturated heterocycles. The molecular formula is C11H19NO2. The fourth-order valence-electron chi connectivity index (χ4n) is 1.49. The van der Waals surface area contributed by atoms with Gasteiger partial charge in [-0.05, 0) is 31.6 Å². The maximum absolute atomic E-state index is 11.5. The molecule has 1 amide bonds. The number of amides is 1. The van der Waals surface area contributed by atoms with E-state index in [0.29, 0.717) is 18.4 Å². The second kappa shape index (κ2) is 4.30. The maximum Gasteiger partial charge on any atom is 0.225 e. The minimum absolute atomic E-state index is 0.306. The highest BCUT2D eigenvalue weighted by molar-refractivity contribution is 5.80. The van der Waals surface area contributed by atoms with E-state index >= 15 is 0 Å². The summed E-state index contributed by atoms with van der Waals surface area (Å²) in [6.07, 6.45) is 4.84. The molecule has 3 nitrogen and oxygen atoms in total. The third kappa shape index (κ3) is 2.98. The fraction of sp³-hybridized carbons (Fsp3) is 0.909. The van der Waals surface area contributed by atoms with Crippen molar-refractivity contribution in [3.8, 4) is 0 Å². The molecule has 0 aromatic carbocycles. The summed E-state index contributed by atoms with van der Waals surface area (Å²) in [6, 6.07) is 0. The van der Waals surface area contributed by atoms with Gasteiger partial charge >= 0.3 is 0 Å². The molecule has 0 spiro atoms. The van der Waals surface area contributed by atoms with E-state index in [1.165, 1.54) is 12.8 Å². The molecule has 14 heavy (non-hydrogen) atoms. The summed E-state index contributed by atoms with van der Waals surface area (Å²) in [6.45, 7) is 2.35. The highest BCUT2D eigenvalue weighted by atomic mass is 16.5. The quantitative estimate of drug-likeness (QED) is 0.600. The van der Waals surface area contributed by atoms with Gasteiger partial charge in [-0.3, -0.25) is 4.79 Å². The third-order valence-corrected chi connectivity index (χ3v) is 2.92. The molecule has 0 N–H and O–H groups in total. The Morgan fingerprint density at radius 1 is 1.36 bits per heavy atom. The summed E-state index contributed by atoms with van der Waals surface area (Å²) in [7, 11) is 1.88. The van der Waals surface area contributed by atoms with E-state index in [2.05, 4.69) is 0 Å². The van der Waals surface area contributed by atoms with Crippen molar-refractivity contribution in [2.45, 2.75) is 25.7 Å². The SMILES string of the molecule is CN(CCOCC1CC1)C(=O)C1CC1. The lowest BCUT2D eigenvalue weighted by Gasteiger charge is -2.16. The molecule has 0 radical (unpaired) electrons. The Hall–Kier alpha value is -0.570. The first-order chi connectivity index (χ1) is 6.77. The van der Waals surface area contributed by atoms with E-state index in [1.54, 1.807) is 0 Å². The van der Waals surface area contributed by atoms with Crippen LogP contribution in [0.4, 0.5) is 0 Å². The number of carbonyl (C=O) groups excluding carboxylic acids is 1. The second-order valence-corrected chi connectivity index (χ2v) is 4.55. The van der Waals surface area contributed by atoms with Gasteiger partial charge in [0.05, 0.1) is 6.61 Å². The predicted molar refractivity (Wildman–Crippen MR) is 53.9 cm³/mol. The zero-order valence-electron chi connectivity index (χ0n) is 8.87. The van der Waals surface area contributed by atoms with Crippen molar-refractivity contribution >= 4 is 5.91 Å². The molecule has 0 atom stereocenters. The van der Waals surface area contributed by atoms with Gasteiger partial charge in [-0.1, -0.05) is 0 Å². The van der Waals surface area contributed by atoms with Gasteiger partial charge in [0.2, 0.25) is 5.91 Å². The first kappa shape index (κ1) is 9.97. The van der Waals surface area contributed by atoms with Gasteiger partial charge < -0.3 is 9.64 Å². The number of likely N-dealkylation sites (N-methyl/N-ethyl adjacent to an activating group) is 1. The van der Waals surface area contributed by atoms with Crippen molar-refractivity contribution in [3.05, 3.63) is 0 Å². The van der Waals surface area contributed by atoms with Crippen LogP contribution in [-0.4, -0.2) is 37.6 Å². The zero-order chi connectivity index (χ0) is 9.97. The summed E-state index contributed by atoms with van der Waals surface area (Å²) < 4.78 is 5.48. The van der Waals surface area contributed by atoms with Crippen LogP contribution in [-0.2, 0) is 9.53 Å². The van der Waals surface area contributed by atoms with Crippen LogP contribution in [0.15, 0.2) is 0 Å². The van der Waals surface area contributed by atoms with Crippen LogP contribution in [0, 0.1) is 11.8 Å². The highest BCUT2D eigenvalue weighted by Crippen LogP contribution is 2.30. The number of rotatable bonds is 6. The smallest absolute Gasteiger partial charge is 0.225 e. The lowest BCUT2D eigenvalue weighted by molar-refractivity contribution is -0.131. The molecular weight excluding hydrogens is 178 g/mol. The molecule has 2 fully saturated rings. The van der Waals surface area contributed by atoms with Gasteiger partial charge in [-0.2, -0.15) is 0 Å². The van der Waals surface area contributed by atoms with Crippen molar-refractivity contribution in [1.29, 1.82) is 0 Å². The Balaban J connectivity index is 1.52. The molecule has 2 rings (SSSR count). The van der Waals surface area contributed by atoms with Gasteiger partial charge in [-0.25, -0.2) is 0 Å². The fourth-order valence-corrected chi connectivity index (χ4v) is 1.49. The molecule has 80 valence electrons. The molecule has 0 aliphatic heterocycles. The number of carbonyl (C=O) groups is 1. The summed E-state index contributed by atoms with van der Waals surface area (Å²) in [5, 5.41) is 0. The van der Waals surface area contributed by atoms with E-state index in [9.17, 15) is 4.79 Å². The zero-order valence-corrected chi connectivity index (χ0v) is 8.87. The van der Waals surface area contributed by atoms with E-state index in [4.69, 9.17) is 4.74 Å². The molecule has 0 aromatic heterocycles. The van der Waals surface area contributed by atoms with Gasteiger partial charge in [0, 0.05) is 26.1 Å². The van der Waals surface area contributed by atoms with E-state index in [-0.39, 0.29) is 0 Å². The molecule has 0 aromatic rings. The summed E-state index contributed by atoms with van der Waals surface area (Å²) in [5.41, 5.74) is 0. The number of hydrogen-bond acceptors (Lipinski definition) is 2. The van der Waals surface area contributed by atoms with E-state index < -0.39 is 0 Å². The maximum atomic E-state index is 11.5. The van der Waals surface area contributed by atoms with Crippen LogP contribution in [0.5, 0.6) is 0 Å². The molecule has 0 heterocycles. The Bertz CT molecular complexity index is 209. The van der Waals surface area contributed by atoms with Crippen molar-refractivity contribution in [1.82, 2.24) is 4.90 Å². The number of hydrogen-bond donors (Lipinski definition) is 0. The normalized spacial score (nSPS) is 20.9. The summed E-state index contributed by atoms with van der Waals surface area (Å²) in [5.74, 6) is 1.46. The Kier molecular flexibility index (Phi) is 3.06. The average molecular weight is 197 g/mol. The number of ether oxygens (including phenoxy) is 1. The van der Waals surface area contributed by atoms with Crippen LogP contribution in [0.25, 0.3) is 0 Å². The van der Waals surface area contributed by atoms with Crippen LogP contribution in [0.3, 0.4) is 0 Å². The van der Waals surface area contributed by atoms with Crippen LogP contribution in [0.2, 0.25) is 0 Å². The van der Waals surface area contributed by atoms with Crippen LogP contribution >= 0.6 is 0 Å². The van der Waals surface area contributed by atoms with Crippen molar-refractivity contribution in [2.24, 2.45) is 11.8 Å². The Morgan fingerprint density at radius 3 is 2.64 bits per heavy atom. The Labute approximate surface area is 85.4 Å². The lowest BCUT2D eigenvalue weighted by Crippen LogP contribution is -2.31. The molecule has 2 saturated carbocycles. The monoisotopic (exact) mass is 197 g/mol. The predicted octanol–water partition coefficient (Wildman–Crippen LogP) is 1.28. The minimum Gasteiger partial charge on any atom is -0.379 e. The van der Waals surface area contributed by atoms with Crippen LogP contribution < -0.4 is 0 Å². The van der Waals surface area contributed by atoms with E-state index in [0.717, 1.165) is 31.9 Å². The van der Waals surface area contributed by atoms with Gasteiger partial charge in [0.15, 0.2) is 0 Å². The largest absolute Gasteiger partial charge is 0.379 e. The summed E-state index contributed by atoms with van der Waals surface area (Å²) >= 11 is 0. The average Bonchev–Trinajstić information content (AvgIpc) is 3.04. The highest BCUT2D eigenvalue weighted by Gasteiger charge is 2.31. The van der Waals surface area contributed by atoms with Crippen LogP contribution in [0.1, 0.15) is 25.7 Å². The first-order valence-corrected chi connectivity index (χ1v) is 5.60. The second-order valence-electron chi connectivity index (χ2n) is 4.55. The molecule has 3 heteroatoms. The minimum atomic E-state index is 0.306. The molecule has 0 unspecified atom stereocenters. The molecule has 2 aliphatic rings. The van der Waals surface area contributed by atoms with Gasteiger partial charge in [0.1, 0.15) is 0 Å².